The number of amides is 2. The van der Waals surface area contributed by atoms with Crippen LogP contribution in [0.4, 0.5) is 20.6 Å². The van der Waals surface area contributed by atoms with Gasteiger partial charge in [-0.25, -0.2) is 14.2 Å². The lowest BCUT2D eigenvalue weighted by Gasteiger charge is -2.38. The van der Waals surface area contributed by atoms with Crippen LogP contribution >= 0.6 is 11.6 Å². The number of nitrogens with zero attached hydrogens (tertiary/aromatic N) is 4. The lowest BCUT2D eigenvalue weighted by Crippen LogP contribution is -2.46. The van der Waals surface area contributed by atoms with E-state index in [2.05, 4.69) is 34.2 Å². The van der Waals surface area contributed by atoms with Crippen molar-refractivity contribution in [3.63, 3.8) is 0 Å². The Hall–Kier alpha value is -2.42. The summed E-state index contributed by atoms with van der Waals surface area (Å²) in [6.45, 7) is 2.44. The fourth-order valence-corrected chi connectivity index (χ4v) is 4.53. The first-order valence-electron chi connectivity index (χ1n) is 10.9. The molecular weight excluding hydrogens is 433 g/mol. The summed E-state index contributed by atoms with van der Waals surface area (Å²) in [7, 11) is 4.11. The van der Waals surface area contributed by atoms with Crippen molar-refractivity contribution in [2.75, 3.05) is 50.5 Å². The summed E-state index contributed by atoms with van der Waals surface area (Å²) in [6, 6.07) is 8.42. The first-order valence-corrected chi connectivity index (χ1v) is 11.2. The molecule has 4 rings (SSSR count). The number of hydrogen-bond acceptors (Lipinski definition) is 5. The van der Waals surface area contributed by atoms with Gasteiger partial charge in [0.05, 0.1) is 11.3 Å². The highest BCUT2D eigenvalue weighted by Gasteiger charge is 2.36. The second kappa shape index (κ2) is 9.21. The summed E-state index contributed by atoms with van der Waals surface area (Å²) in [5.41, 5.74) is 0.609. The molecule has 2 aliphatic rings. The monoisotopic (exact) mass is 461 g/mol. The molecule has 2 fully saturated rings. The number of likely N-dealkylation sites (tertiary alicyclic amines) is 1. The number of anilines is 2. The van der Waals surface area contributed by atoms with Gasteiger partial charge in [0.2, 0.25) is 0 Å². The summed E-state index contributed by atoms with van der Waals surface area (Å²) in [4.78, 5) is 22.7. The van der Waals surface area contributed by atoms with Crippen molar-refractivity contribution in [1.82, 2.24) is 14.8 Å². The Labute approximate surface area is 192 Å². The van der Waals surface area contributed by atoms with E-state index in [9.17, 15) is 14.3 Å². The van der Waals surface area contributed by atoms with Gasteiger partial charge in [-0.3, -0.25) is 0 Å². The van der Waals surface area contributed by atoms with E-state index in [1.54, 1.807) is 29.3 Å². The van der Waals surface area contributed by atoms with Crippen LogP contribution in [0, 0.1) is 5.82 Å². The molecule has 2 saturated heterocycles. The number of nitrogens with one attached hydrogen (secondary N) is 1. The largest absolute Gasteiger partial charge is 0.385 e. The molecule has 7 nitrogen and oxygen atoms in total. The summed E-state index contributed by atoms with van der Waals surface area (Å²) < 4.78 is 14.7. The molecule has 2 aliphatic heterocycles. The molecule has 1 unspecified atom stereocenters. The van der Waals surface area contributed by atoms with Crippen LogP contribution < -0.4 is 10.2 Å². The van der Waals surface area contributed by atoms with E-state index in [1.165, 1.54) is 6.07 Å². The van der Waals surface area contributed by atoms with Crippen LogP contribution in [0.15, 0.2) is 36.5 Å². The van der Waals surface area contributed by atoms with Crippen LogP contribution in [0.25, 0.3) is 0 Å². The normalized spacial score (nSPS) is 20.6. The van der Waals surface area contributed by atoms with Gasteiger partial charge in [0, 0.05) is 49.7 Å². The molecule has 2 N–H and O–H groups in total. The minimum absolute atomic E-state index is 0.157. The molecule has 1 aromatic heterocycles. The highest BCUT2D eigenvalue weighted by Crippen LogP contribution is 2.33. The van der Waals surface area contributed by atoms with E-state index in [0.29, 0.717) is 42.7 Å². The molecule has 0 radical (unpaired) electrons. The molecule has 0 saturated carbocycles. The van der Waals surface area contributed by atoms with E-state index in [-0.39, 0.29) is 11.7 Å². The highest BCUT2D eigenvalue weighted by molar-refractivity contribution is 6.29. The Bertz CT molecular complexity index is 963. The second-order valence-electron chi connectivity index (χ2n) is 8.83. The maximum Gasteiger partial charge on any atom is 0.321 e. The van der Waals surface area contributed by atoms with Gasteiger partial charge < -0.3 is 25.1 Å². The Balaban J connectivity index is 1.35. The molecule has 0 bridgehead atoms. The molecule has 2 aromatic rings. The van der Waals surface area contributed by atoms with Crippen molar-refractivity contribution < 1.29 is 14.3 Å². The lowest BCUT2D eigenvalue weighted by atomic mass is 9.85. The third-order valence-electron chi connectivity index (χ3n) is 6.60. The van der Waals surface area contributed by atoms with E-state index in [1.807, 2.05) is 6.07 Å². The predicted molar refractivity (Wildman–Crippen MR) is 124 cm³/mol. The molecule has 32 heavy (non-hydrogen) atoms. The zero-order valence-corrected chi connectivity index (χ0v) is 19.1. The quantitative estimate of drug-likeness (QED) is 0.681. The average molecular weight is 462 g/mol. The highest BCUT2D eigenvalue weighted by atomic mass is 35.5. The van der Waals surface area contributed by atoms with Crippen LogP contribution in [-0.2, 0) is 5.60 Å². The van der Waals surface area contributed by atoms with E-state index >= 15 is 0 Å². The Morgan fingerprint density at radius 3 is 2.59 bits per heavy atom. The van der Waals surface area contributed by atoms with Crippen LogP contribution in [0.2, 0.25) is 5.15 Å². The number of piperidine rings is 1. The van der Waals surface area contributed by atoms with Crippen molar-refractivity contribution in [2.45, 2.75) is 30.9 Å². The molecule has 172 valence electrons. The van der Waals surface area contributed by atoms with Gasteiger partial charge in [-0.1, -0.05) is 17.7 Å². The number of hydrogen-bond donors (Lipinski definition) is 2. The maximum atomic E-state index is 14.7. The number of urea groups is 1. The SMILES string of the molecule is CN(C)C1CCN(c2ccc(NC(=O)N3CCC(O)(c4ccc(Cl)nc4)CC3)c(F)c2)C1. The van der Waals surface area contributed by atoms with Crippen molar-refractivity contribution in [3.8, 4) is 0 Å². The van der Waals surface area contributed by atoms with E-state index < -0.39 is 11.4 Å². The fourth-order valence-electron chi connectivity index (χ4n) is 4.41. The molecule has 0 aliphatic carbocycles. The molecule has 2 amide bonds. The lowest BCUT2D eigenvalue weighted by molar-refractivity contribution is -0.0159. The van der Waals surface area contributed by atoms with Gasteiger partial charge in [-0.05, 0) is 57.6 Å². The number of pyridine rings is 1. The predicted octanol–water partition coefficient (Wildman–Crippen LogP) is 3.53. The van der Waals surface area contributed by atoms with Crippen LogP contribution in [0.1, 0.15) is 24.8 Å². The zero-order chi connectivity index (χ0) is 22.9. The standard InChI is InChI=1S/C23H29ClFN5O2/c1-28(2)18-7-10-30(15-18)17-4-5-20(19(25)13-17)27-22(31)29-11-8-23(32,9-12-29)16-3-6-21(24)26-14-16/h3-6,13-14,18,32H,7-12,15H2,1-2H3,(H,27,31). The first-order chi connectivity index (χ1) is 15.2. The van der Waals surface area contributed by atoms with Crippen molar-refractivity contribution in [1.29, 1.82) is 0 Å². The number of carbonyl (C=O) groups excluding carboxylic acids is 1. The average Bonchev–Trinajstić information content (AvgIpc) is 3.27. The van der Waals surface area contributed by atoms with Gasteiger partial charge in [-0.15, -0.1) is 0 Å². The number of likely N-dealkylation sites (N-methyl/N-ethyl adjacent to an activating group) is 1. The number of aromatic nitrogens is 1. The maximum absolute atomic E-state index is 14.7. The third kappa shape index (κ3) is 4.82. The molecular formula is C23H29ClFN5O2. The Kier molecular flexibility index (Phi) is 6.55. The van der Waals surface area contributed by atoms with Crippen LogP contribution in [0.3, 0.4) is 0 Å². The van der Waals surface area contributed by atoms with Gasteiger partial charge in [0.25, 0.3) is 0 Å². The van der Waals surface area contributed by atoms with Crippen molar-refractivity contribution in [3.05, 3.63) is 53.1 Å². The smallest absolute Gasteiger partial charge is 0.321 e. The number of rotatable bonds is 4. The van der Waals surface area contributed by atoms with Gasteiger partial charge in [-0.2, -0.15) is 0 Å². The number of carbonyl (C=O) groups is 1. The third-order valence-corrected chi connectivity index (χ3v) is 6.82. The Morgan fingerprint density at radius 2 is 2.00 bits per heavy atom. The second-order valence-corrected chi connectivity index (χ2v) is 9.22. The molecule has 9 heteroatoms. The minimum atomic E-state index is -1.05. The van der Waals surface area contributed by atoms with Gasteiger partial charge in [0.1, 0.15) is 11.0 Å². The summed E-state index contributed by atoms with van der Waals surface area (Å²) in [6.07, 6.45) is 3.34. The summed E-state index contributed by atoms with van der Waals surface area (Å²) >= 11 is 5.83. The Morgan fingerprint density at radius 1 is 1.25 bits per heavy atom. The number of halogens is 2. The van der Waals surface area contributed by atoms with Crippen LogP contribution in [-0.4, -0.2) is 72.2 Å². The first kappa shape index (κ1) is 22.8. The molecule has 3 heterocycles. The summed E-state index contributed by atoms with van der Waals surface area (Å²) in [5.74, 6) is -0.454. The van der Waals surface area contributed by atoms with E-state index in [0.717, 1.165) is 25.2 Å². The topological polar surface area (TPSA) is 71.9 Å². The molecule has 0 spiro atoms. The summed E-state index contributed by atoms with van der Waals surface area (Å²) in [5, 5.41) is 14.0. The van der Waals surface area contributed by atoms with Gasteiger partial charge in [0.15, 0.2) is 0 Å². The molecule has 1 atom stereocenters. The fraction of sp³-hybridized carbons (Fsp3) is 0.478. The van der Waals surface area contributed by atoms with Crippen molar-refractivity contribution >= 4 is 29.0 Å². The van der Waals surface area contributed by atoms with Crippen molar-refractivity contribution in [2.24, 2.45) is 0 Å². The number of aliphatic hydroxyl groups is 1. The van der Waals surface area contributed by atoms with Gasteiger partial charge >= 0.3 is 6.03 Å². The van der Waals surface area contributed by atoms with Crippen LogP contribution in [0.5, 0.6) is 0 Å². The van der Waals surface area contributed by atoms with E-state index in [4.69, 9.17) is 11.6 Å². The minimum Gasteiger partial charge on any atom is -0.385 e. The zero-order valence-electron chi connectivity index (χ0n) is 18.4. The molecule has 1 aromatic carbocycles. The number of benzene rings is 1.